The van der Waals surface area contributed by atoms with Crippen LogP contribution in [0.1, 0.15) is 52.1 Å². The first-order valence-corrected chi connectivity index (χ1v) is 10.6. The van der Waals surface area contributed by atoms with E-state index in [9.17, 15) is 0 Å². The molecular weight excluding hydrogens is 461 g/mol. The second kappa shape index (κ2) is 13.4. The Kier molecular flexibility index (Phi) is 12.0. The minimum atomic E-state index is 0. The monoisotopic (exact) mass is 501 g/mol. The highest BCUT2D eigenvalue weighted by molar-refractivity contribution is 14.0. The first-order valence-electron chi connectivity index (χ1n) is 10.6. The number of likely N-dealkylation sites (tertiary alicyclic amines) is 1. The van der Waals surface area contributed by atoms with E-state index in [1.165, 1.54) is 31.5 Å². The quantitative estimate of drug-likeness (QED) is 0.324. The number of rotatable bonds is 8. The van der Waals surface area contributed by atoms with Gasteiger partial charge >= 0.3 is 0 Å². The van der Waals surface area contributed by atoms with E-state index in [0.717, 1.165) is 25.6 Å². The van der Waals surface area contributed by atoms with Gasteiger partial charge < -0.3 is 15.5 Å². The lowest BCUT2D eigenvalue weighted by Gasteiger charge is -2.36. The first-order chi connectivity index (χ1) is 13.1. The molecule has 1 fully saturated rings. The molecule has 1 saturated heterocycles. The van der Waals surface area contributed by atoms with Crippen LogP contribution in [0.25, 0.3) is 0 Å². The van der Waals surface area contributed by atoms with Crippen LogP contribution in [0.2, 0.25) is 0 Å². The van der Waals surface area contributed by atoms with Crippen LogP contribution in [0.4, 0.5) is 0 Å². The van der Waals surface area contributed by atoms with Crippen molar-refractivity contribution in [2.24, 2.45) is 4.99 Å². The highest BCUT2D eigenvalue weighted by Crippen LogP contribution is 2.19. The predicted molar refractivity (Wildman–Crippen MR) is 132 cm³/mol. The molecule has 0 aliphatic carbocycles. The fourth-order valence-corrected chi connectivity index (χ4v) is 3.94. The van der Waals surface area contributed by atoms with Crippen LogP contribution >= 0.6 is 24.0 Å². The Morgan fingerprint density at radius 3 is 2.25 bits per heavy atom. The van der Waals surface area contributed by atoms with Gasteiger partial charge in [-0.3, -0.25) is 9.89 Å². The standard InChI is InChI=1S/C22H39N5.HI/c1-6-26(7-2)21(19-11-9-8-10-12-19)17-24-22(23-5)25-20-13-15-27(16-14-20)18(3)4;/h8-12,18,20-21H,6-7,13-17H2,1-5H3,(H2,23,24,25);1H. The van der Waals surface area contributed by atoms with Crippen LogP contribution in [0.15, 0.2) is 35.3 Å². The summed E-state index contributed by atoms with van der Waals surface area (Å²) in [6.45, 7) is 14.3. The SMILES string of the molecule is CCN(CC)C(CNC(=NC)NC1CCN(C(C)C)CC1)c1ccccc1.I. The van der Waals surface area contributed by atoms with Crippen LogP contribution in [-0.4, -0.2) is 67.6 Å². The van der Waals surface area contributed by atoms with Gasteiger partial charge in [0.15, 0.2) is 5.96 Å². The number of aliphatic imine (C=N–C) groups is 1. The maximum atomic E-state index is 4.48. The zero-order chi connectivity index (χ0) is 19.6. The minimum absolute atomic E-state index is 0. The second-order valence-corrected chi connectivity index (χ2v) is 7.65. The summed E-state index contributed by atoms with van der Waals surface area (Å²) in [5.74, 6) is 0.922. The van der Waals surface area contributed by atoms with Crippen LogP contribution in [0.5, 0.6) is 0 Å². The van der Waals surface area contributed by atoms with Crippen molar-refractivity contribution in [3.63, 3.8) is 0 Å². The number of nitrogens with zero attached hydrogens (tertiary/aromatic N) is 3. The summed E-state index contributed by atoms with van der Waals surface area (Å²) in [4.78, 5) is 9.53. The lowest BCUT2D eigenvalue weighted by molar-refractivity contribution is 0.167. The van der Waals surface area contributed by atoms with E-state index in [-0.39, 0.29) is 24.0 Å². The molecule has 0 saturated carbocycles. The average molecular weight is 502 g/mol. The van der Waals surface area contributed by atoms with Crippen LogP contribution < -0.4 is 10.6 Å². The van der Waals surface area contributed by atoms with Gasteiger partial charge in [-0.15, -0.1) is 24.0 Å². The van der Waals surface area contributed by atoms with Gasteiger partial charge in [-0.25, -0.2) is 0 Å². The number of hydrogen-bond acceptors (Lipinski definition) is 3. The van der Waals surface area contributed by atoms with Crippen molar-refractivity contribution in [1.82, 2.24) is 20.4 Å². The molecule has 2 N–H and O–H groups in total. The molecule has 0 amide bonds. The molecule has 1 aliphatic heterocycles. The Balaban J connectivity index is 0.00000392. The van der Waals surface area contributed by atoms with Crippen molar-refractivity contribution in [3.8, 4) is 0 Å². The van der Waals surface area contributed by atoms with Crippen molar-refractivity contribution in [3.05, 3.63) is 35.9 Å². The number of halogens is 1. The summed E-state index contributed by atoms with van der Waals surface area (Å²) >= 11 is 0. The maximum Gasteiger partial charge on any atom is 0.191 e. The van der Waals surface area contributed by atoms with Crippen LogP contribution in [-0.2, 0) is 0 Å². The van der Waals surface area contributed by atoms with Gasteiger partial charge in [0.05, 0.1) is 6.04 Å². The number of benzene rings is 1. The highest BCUT2D eigenvalue weighted by atomic mass is 127. The van der Waals surface area contributed by atoms with Gasteiger partial charge in [-0.2, -0.15) is 0 Å². The average Bonchev–Trinajstić information content (AvgIpc) is 2.71. The van der Waals surface area contributed by atoms with Gasteiger partial charge in [0.1, 0.15) is 0 Å². The summed E-state index contributed by atoms with van der Waals surface area (Å²) in [5.41, 5.74) is 1.36. The van der Waals surface area contributed by atoms with Gasteiger partial charge in [0.25, 0.3) is 0 Å². The molecule has 2 rings (SSSR count). The van der Waals surface area contributed by atoms with Gasteiger partial charge in [0, 0.05) is 38.8 Å². The summed E-state index contributed by atoms with van der Waals surface area (Å²) in [6.07, 6.45) is 2.36. The number of likely N-dealkylation sites (N-methyl/N-ethyl adjacent to an activating group) is 1. The van der Waals surface area contributed by atoms with Crippen LogP contribution in [0, 0.1) is 0 Å². The molecule has 0 bridgehead atoms. The lowest BCUT2D eigenvalue weighted by atomic mass is 10.0. The van der Waals surface area contributed by atoms with Crippen molar-refractivity contribution in [1.29, 1.82) is 0 Å². The Bertz CT molecular complexity index is 551. The Morgan fingerprint density at radius 1 is 1.14 bits per heavy atom. The molecule has 1 unspecified atom stereocenters. The molecule has 5 nitrogen and oxygen atoms in total. The number of guanidine groups is 1. The van der Waals surface area contributed by atoms with E-state index in [1.807, 2.05) is 7.05 Å². The fourth-order valence-electron chi connectivity index (χ4n) is 3.94. The molecule has 6 heteroatoms. The van der Waals surface area contributed by atoms with E-state index in [4.69, 9.17) is 0 Å². The zero-order valence-electron chi connectivity index (χ0n) is 18.3. The smallest absolute Gasteiger partial charge is 0.191 e. The van der Waals surface area contributed by atoms with Crippen molar-refractivity contribution < 1.29 is 0 Å². The topological polar surface area (TPSA) is 42.9 Å². The maximum absolute atomic E-state index is 4.48. The third-order valence-corrected chi connectivity index (χ3v) is 5.72. The van der Waals surface area contributed by atoms with E-state index >= 15 is 0 Å². The zero-order valence-corrected chi connectivity index (χ0v) is 20.6. The molecule has 28 heavy (non-hydrogen) atoms. The molecule has 0 spiro atoms. The summed E-state index contributed by atoms with van der Waals surface area (Å²) < 4.78 is 0. The molecule has 1 heterocycles. The Morgan fingerprint density at radius 2 is 1.75 bits per heavy atom. The van der Waals surface area contributed by atoms with Crippen molar-refractivity contribution in [2.75, 3.05) is 39.8 Å². The third-order valence-electron chi connectivity index (χ3n) is 5.72. The van der Waals surface area contributed by atoms with Crippen molar-refractivity contribution in [2.45, 2.75) is 58.7 Å². The number of nitrogens with one attached hydrogen (secondary N) is 2. The minimum Gasteiger partial charge on any atom is -0.354 e. The first kappa shape index (κ1) is 25.2. The summed E-state index contributed by atoms with van der Waals surface area (Å²) in [7, 11) is 1.87. The molecule has 1 aliphatic rings. The summed E-state index contributed by atoms with van der Waals surface area (Å²) in [5, 5.41) is 7.22. The molecule has 1 atom stereocenters. The number of piperidine rings is 1. The number of hydrogen-bond donors (Lipinski definition) is 2. The fraction of sp³-hybridized carbons (Fsp3) is 0.682. The predicted octanol–water partition coefficient (Wildman–Crippen LogP) is 3.73. The molecule has 1 aromatic rings. The van der Waals surface area contributed by atoms with E-state index in [0.29, 0.717) is 18.1 Å². The molecule has 0 aromatic heterocycles. The largest absolute Gasteiger partial charge is 0.354 e. The normalized spacial score (nSPS) is 17.5. The van der Waals surface area contributed by atoms with Gasteiger partial charge in [-0.1, -0.05) is 44.2 Å². The van der Waals surface area contributed by atoms with Crippen molar-refractivity contribution >= 4 is 29.9 Å². The van der Waals surface area contributed by atoms with Gasteiger partial charge in [-0.05, 0) is 45.3 Å². The van der Waals surface area contributed by atoms with E-state index in [2.05, 4.69) is 83.5 Å². The highest BCUT2D eigenvalue weighted by Gasteiger charge is 2.22. The lowest BCUT2D eigenvalue weighted by Crippen LogP contribution is -2.51. The van der Waals surface area contributed by atoms with Gasteiger partial charge in [0.2, 0.25) is 0 Å². The van der Waals surface area contributed by atoms with E-state index in [1.54, 1.807) is 0 Å². The molecule has 160 valence electrons. The van der Waals surface area contributed by atoms with E-state index < -0.39 is 0 Å². The Hall–Kier alpha value is -0.860. The molecule has 0 radical (unpaired) electrons. The Labute approximate surface area is 189 Å². The molecular formula is C22H40IN5. The third kappa shape index (κ3) is 7.52. The molecule has 1 aromatic carbocycles. The van der Waals surface area contributed by atoms with Crippen LogP contribution in [0.3, 0.4) is 0 Å². The second-order valence-electron chi connectivity index (χ2n) is 7.65. The summed E-state index contributed by atoms with van der Waals surface area (Å²) in [6, 6.07) is 12.3.